The molecule has 0 bridgehead atoms. The van der Waals surface area contributed by atoms with E-state index in [1.807, 2.05) is 0 Å². The quantitative estimate of drug-likeness (QED) is 0.814. The van der Waals surface area contributed by atoms with Gasteiger partial charge in [0.05, 0.1) is 32.4 Å². The van der Waals surface area contributed by atoms with Crippen LogP contribution in [0.3, 0.4) is 0 Å². The average molecular weight is 322 g/mol. The summed E-state index contributed by atoms with van der Waals surface area (Å²) in [6, 6.07) is 5.15. The Hall–Kier alpha value is -2.28. The summed E-state index contributed by atoms with van der Waals surface area (Å²) in [6.07, 6.45) is 0.216. The molecule has 0 aliphatic carbocycles. The standard InChI is InChI=1S/C16H22N2O5/c1-21-7-6-18-10-11(8-15(18)19)16(20)17-13-5-4-12(22-2)9-14(13)23-3/h4-5,9,11H,6-8,10H2,1-3H3,(H,17,20). The second-order valence-corrected chi connectivity index (χ2v) is 5.29. The molecule has 1 aliphatic heterocycles. The second-order valence-electron chi connectivity index (χ2n) is 5.29. The van der Waals surface area contributed by atoms with Crippen molar-refractivity contribution >= 4 is 17.5 Å². The first-order valence-electron chi connectivity index (χ1n) is 7.38. The van der Waals surface area contributed by atoms with E-state index in [-0.39, 0.29) is 24.2 Å². The van der Waals surface area contributed by atoms with Crippen molar-refractivity contribution in [3.8, 4) is 11.5 Å². The maximum absolute atomic E-state index is 12.4. The third-order valence-corrected chi connectivity index (χ3v) is 3.82. The molecule has 23 heavy (non-hydrogen) atoms. The van der Waals surface area contributed by atoms with E-state index in [1.54, 1.807) is 37.3 Å². The summed E-state index contributed by atoms with van der Waals surface area (Å²) < 4.78 is 15.4. The smallest absolute Gasteiger partial charge is 0.229 e. The molecule has 1 aliphatic rings. The fraction of sp³-hybridized carbons (Fsp3) is 0.500. The monoisotopic (exact) mass is 322 g/mol. The van der Waals surface area contributed by atoms with Crippen LogP contribution < -0.4 is 14.8 Å². The zero-order valence-corrected chi connectivity index (χ0v) is 13.6. The molecule has 1 aromatic rings. The van der Waals surface area contributed by atoms with Crippen LogP contribution >= 0.6 is 0 Å². The first-order valence-corrected chi connectivity index (χ1v) is 7.38. The lowest BCUT2D eigenvalue weighted by Gasteiger charge is -2.16. The predicted octanol–water partition coefficient (Wildman–Crippen LogP) is 1.14. The molecule has 0 radical (unpaired) electrons. The summed E-state index contributed by atoms with van der Waals surface area (Å²) in [5.74, 6) is 0.566. The summed E-state index contributed by atoms with van der Waals surface area (Å²) in [4.78, 5) is 25.9. The van der Waals surface area contributed by atoms with E-state index in [9.17, 15) is 9.59 Å². The molecule has 126 valence electrons. The van der Waals surface area contributed by atoms with Gasteiger partial charge in [-0.2, -0.15) is 0 Å². The summed E-state index contributed by atoms with van der Waals surface area (Å²) in [7, 11) is 4.67. The highest BCUT2D eigenvalue weighted by Crippen LogP contribution is 2.30. The summed E-state index contributed by atoms with van der Waals surface area (Å²) in [5, 5.41) is 2.82. The van der Waals surface area contributed by atoms with Crippen molar-refractivity contribution in [2.24, 2.45) is 5.92 Å². The predicted molar refractivity (Wildman–Crippen MR) is 84.7 cm³/mol. The number of carbonyl (C=O) groups excluding carboxylic acids is 2. The minimum Gasteiger partial charge on any atom is -0.497 e. The third-order valence-electron chi connectivity index (χ3n) is 3.82. The van der Waals surface area contributed by atoms with Crippen molar-refractivity contribution in [2.75, 3.05) is 46.3 Å². The molecule has 7 heteroatoms. The highest BCUT2D eigenvalue weighted by Gasteiger charge is 2.34. The van der Waals surface area contributed by atoms with Crippen LogP contribution in [0.25, 0.3) is 0 Å². The van der Waals surface area contributed by atoms with Crippen molar-refractivity contribution in [1.82, 2.24) is 4.90 Å². The number of methoxy groups -OCH3 is 3. The number of anilines is 1. The number of nitrogens with one attached hydrogen (secondary N) is 1. The summed E-state index contributed by atoms with van der Waals surface area (Å²) in [5.41, 5.74) is 0.557. The van der Waals surface area contributed by atoms with E-state index in [4.69, 9.17) is 14.2 Å². The van der Waals surface area contributed by atoms with Gasteiger partial charge in [0.25, 0.3) is 0 Å². The lowest BCUT2D eigenvalue weighted by atomic mass is 10.1. The second kappa shape index (κ2) is 7.82. The number of hydrogen-bond acceptors (Lipinski definition) is 5. The van der Waals surface area contributed by atoms with E-state index in [2.05, 4.69) is 5.32 Å². The molecule has 1 unspecified atom stereocenters. The molecule has 1 atom stereocenters. The molecular weight excluding hydrogens is 300 g/mol. The first kappa shape index (κ1) is 17.1. The normalized spacial score (nSPS) is 17.3. The fourth-order valence-electron chi connectivity index (χ4n) is 2.50. The van der Waals surface area contributed by atoms with Gasteiger partial charge in [0.2, 0.25) is 11.8 Å². The molecule has 0 aromatic heterocycles. The fourth-order valence-corrected chi connectivity index (χ4v) is 2.50. The van der Waals surface area contributed by atoms with Gasteiger partial charge in [-0.1, -0.05) is 0 Å². The van der Waals surface area contributed by atoms with E-state index in [1.165, 1.54) is 7.11 Å². The van der Waals surface area contributed by atoms with Crippen LogP contribution in [0, 0.1) is 5.92 Å². The lowest BCUT2D eigenvalue weighted by Crippen LogP contribution is -2.30. The number of nitrogens with zero attached hydrogens (tertiary/aromatic N) is 1. The van der Waals surface area contributed by atoms with Crippen LogP contribution in [0.2, 0.25) is 0 Å². The van der Waals surface area contributed by atoms with Crippen molar-refractivity contribution in [3.05, 3.63) is 18.2 Å². The highest BCUT2D eigenvalue weighted by molar-refractivity contribution is 5.98. The Balaban J connectivity index is 2.01. The number of rotatable bonds is 7. The van der Waals surface area contributed by atoms with E-state index >= 15 is 0 Å². The molecule has 1 fully saturated rings. The molecular formula is C16H22N2O5. The molecule has 1 heterocycles. The van der Waals surface area contributed by atoms with Gasteiger partial charge in [0.1, 0.15) is 11.5 Å². The Morgan fingerprint density at radius 3 is 2.74 bits per heavy atom. The van der Waals surface area contributed by atoms with Crippen molar-refractivity contribution < 1.29 is 23.8 Å². The van der Waals surface area contributed by atoms with Crippen molar-refractivity contribution in [1.29, 1.82) is 0 Å². The van der Waals surface area contributed by atoms with Gasteiger partial charge < -0.3 is 24.4 Å². The number of likely N-dealkylation sites (tertiary alicyclic amines) is 1. The average Bonchev–Trinajstić information content (AvgIpc) is 2.94. The largest absolute Gasteiger partial charge is 0.497 e. The van der Waals surface area contributed by atoms with E-state index < -0.39 is 0 Å². The topological polar surface area (TPSA) is 77.1 Å². The molecule has 2 amide bonds. The lowest BCUT2D eigenvalue weighted by molar-refractivity contribution is -0.128. The zero-order chi connectivity index (χ0) is 16.8. The molecule has 1 aromatic carbocycles. The van der Waals surface area contributed by atoms with Gasteiger partial charge in [-0.25, -0.2) is 0 Å². The maximum Gasteiger partial charge on any atom is 0.229 e. The minimum atomic E-state index is -0.369. The van der Waals surface area contributed by atoms with Crippen molar-refractivity contribution in [2.45, 2.75) is 6.42 Å². The van der Waals surface area contributed by atoms with Gasteiger partial charge in [0, 0.05) is 32.7 Å². The molecule has 1 N–H and O–H groups in total. The number of ether oxygens (including phenoxy) is 3. The van der Waals surface area contributed by atoms with Gasteiger partial charge in [-0.3, -0.25) is 9.59 Å². The van der Waals surface area contributed by atoms with Crippen LogP contribution in [0.1, 0.15) is 6.42 Å². The van der Waals surface area contributed by atoms with Crippen LogP contribution in [0.5, 0.6) is 11.5 Å². The molecule has 0 spiro atoms. The Bertz CT molecular complexity index is 576. The number of carbonyl (C=O) groups is 2. The summed E-state index contributed by atoms with van der Waals surface area (Å²) in [6.45, 7) is 1.38. The van der Waals surface area contributed by atoms with Crippen LogP contribution in [-0.2, 0) is 14.3 Å². The highest BCUT2D eigenvalue weighted by atomic mass is 16.5. The Morgan fingerprint density at radius 1 is 1.30 bits per heavy atom. The van der Waals surface area contributed by atoms with Crippen LogP contribution in [-0.4, -0.2) is 57.7 Å². The zero-order valence-electron chi connectivity index (χ0n) is 13.6. The molecule has 1 saturated heterocycles. The van der Waals surface area contributed by atoms with Crippen LogP contribution in [0.15, 0.2) is 18.2 Å². The Morgan fingerprint density at radius 2 is 2.09 bits per heavy atom. The van der Waals surface area contributed by atoms with Crippen LogP contribution in [0.4, 0.5) is 5.69 Å². The first-order chi connectivity index (χ1) is 11.1. The van der Waals surface area contributed by atoms with Gasteiger partial charge in [-0.15, -0.1) is 0 Å². The van der Waals surface area contributed by atoms with Gasteiger partial charge in [0.15, 0.2) is 0 Å². The third kappa shape index (κ3) is 4.13. The minimum absolute atomic E-state index is 0.0242. The number of amides is 2. The molecule has 7 nitrogen and oxygen atoms in total. The summed E-state index contributed by atoms with van der Waals surface area (Å²) >= 11 is 0. The maximum atomic E-state index is 12.4. The van der Waals surface area contributed by atoms with E-state index in [0.717, 1.165) is 0 Å². The van der Waals surface area contributed by atoms with Crippen molar-refractivity contribution in [3.63, 3.8) is 0 Å². The Labute approximate surface area is 135 Å². The molecule has 0 saturated carbocycles. The SMILES string of the molecule is COCCN1CC(C(=O)Nc2ccc(OC)cc2OC)CC1=O. The van der Waals surface area contributed by atoms with Gasteiger partial charge in [-0.05, 0) is 12.1 Å². The number of hydrogen-bond donors (Lipinski definition) is 1. The van der Waals surface area contributed by atoms with E-state index in [0.29, 0.717) is 36.9 Å². The van der Waals surface area contributed by atoms with Gasteiger partial charge >= 0.3 is 0 Å². The Kier molecular flexibility index (Phi) is 5.81. The number of benzene rings is 1. The molecule has 2 rings (SSSR count).